The van der Waals surface area contributed by atoms with Gasteiger partial charge in [-0.1, -0.05) is 12.1 Å². The molecule has 2 aromatic rings. The van der Waals surface area contributed by atoms with Crippen LogP contribution in [0.4, 0.5) is 0 Å². The summed E-state index contributed by atoms with van der Waals surface area (Å²) in [4.78, 5) is 16.5. The molecule has 1 amide bonds. The van der Waals surface area contributed by atoms with Gasteiger partial charge in [-0.25, -0.2) is 4.98 Å². The average Bonchev–Trinajstić information content (AvgIpc) is 2.66. The van der Waals surface area contributed by atoms with Crippen molar-refractivity contribution in [3.63, 3.8) is 0 Å². The molecule has 0 spiro atoms. The number of carbonyl (C=O) groups excluding carboxylic acids is 1. The lowest BCUT2D eigenvalue weighted by Crippen LogP contribution is -2.42. The zero-order chi connectivity index (χ0) is 14.8. The number of para-hydroxylation sites is 2. The van der Waals surface area contributed by atoms with Crippen LogP contribution in [-0.2, 0) is 17.8 Å². The molecular formula is C15H18N4O. The van der Waals surface area contributed by atoms with Crippen molar-refractivity contribution in [3.8, 4) is 6.07 Å². The summed E-state index contributed by atoms with van der Waals surface area (Å²) in [6, 6.07) is 9.68. The maximum atomic E-state index is 12.1. The van der Waals surface area contributed by atoms with Gasteiger partial charge in [0.15, 0.2) is 0 Å². The van der Waals surface area contributed by atoms with Gasteiger partial charge in [-0.15, -0.1) is 0 Å². The molecule has 0 bridgehead atoms. The molecule has 0 fully saturated rings. The largest absolute Gasteiger partial charge is 0.350 e. The molecule has 0 radical (unpaired) electrons. The van der Waals surface area contributed by atoms with Crippen molar-refractivity contribution in [3.05, 3.63) is 30.1 Å². The first-order valence-electron chi connectivity index (χ1n) is 6.53. The van der Waals surface area contributed by atoms with Gasteiger partial charge in [0.2, 0.25) is 5.91 Å². The number of aromatic nitrogens is 2. The minimum absolute atomic E-state index is 0.0835. The zero-order valence-corrected chi connectivity index (χ0v) is 12.0. The first-order chi connectivity index (χ1) is 9.40. The Bertz CT molecular complexity index is 673. The molecule has 0 atom stereocenters. The van der Waals surface area contributed by atoms with Crippen molar-refractivity contribution in [2.24, 2.45) is 0 Å². The normalized spacial score (nSPS) is 11.3. The molecular weight excluding hydrogens is 252 g/mol. The molecule has 1 N–H and O–H groups in total. The first kappa shape index (κ1) is 14.1. The fourth-order valence-electron chi connectivity index (χ4n) is 2.11. The third kappa shape index (κ3) is 3.15. The quantitative estimate of drug-likeness (QED) is 0.927. The lowest BCUT2D eigenvalue weighted by atomic mass is 10.1. The number of carbonyl (C=O) groups is 1. The molecule has 0 aliphatic heterocycles. The van der Waals surface area contributed by atoms with Crippen LogP contribution in [0.2, 0.25) is 0 Å². The minimum Gasteiger partial charge on any atom is -0.350 e. The van der Waals surface area contributed by atoms with Crippen LogP contribution in [0.5, 0.6) is 0 Å². The van der Waals surface area contributed by atoms with Crippen molar-refractivity contribution in [1.82, 2.24) is 14.9 Å². The summed E-state index contributed by atoms with van der Waals surface area (Å²) in [6.07, 6.45) is 0.192. The highest BCUT2D eigenvalue weighted by atomic mass is 16.2. The smallest absolute Gasteiger partial charge is 0.240 e. The third-order valence-electron chi connectivity index (χ3n) is 2.79. The predicted molar refractivity (Wildman–Crippen MR) is 76.9 cm³/mol. The molecule has 5 nitrogen and oxygen atoms in total. The number of imidazole rings is 1. The number of nitriles is 1. The molecule has 1 aromatic heterocycles. The Morgan fingerprint density at radius 2 is 2.10 bits per heavy atom. The second-order valence-electron chi connectivity index (χ2n) is 5.74. The highest BCUT2D eigenvalue weighted by molar-refractivity contribution is 5.81. The number of hydrogen-bond donors (Lipinski definition) is 1. The van der Waals surface area contributed by atoms with Gasteiger partial charge < -0.3 is 9.88 Å². The summed E-state index contributed by atoms with van der Waals surface area (Å²) < 4.78 is 1.81. The zero-order valence-electron chi connectivity index (χ0n) is 12.0. The van der Waals surface area contributed by atoms with E-state index in [0.29, 0.717) is 5.82 Å². The molecule has 5 heteroatoms. The van der Waals surface area contributed by atoms with E-state index in [9.17, 15) is 4.79 Å². The molecule has 1 aromatic carbocycles. The van der Waals surface area contributed by atoms with Gasteiger partial charge in [0, 0.05) is 5.54 Å². The highest BCUT2D eigenvalue weighted by Crippen LogP contribution is 2.16. The number of fused-ring (bicyclic) bond motifs is 1. The Kier molecular flexibility index (Phi) is 3.75. The van der Waals surface area contributed by atoms with Gasteiger partial charge >= 0.3 is 0 Å². The Labute approximate surface area is 118 Å². The van der Waals surface area contributed by atoms with E-state index in [1.165, 1.54) is 0 Å². The first-order valence-corrected chi connectivity index (χ1v) is 6.53. The highest BCUT2D eigenvalue weighted by Gasteiger charge is 2.17. The van der Waals surface area contributed by atoms with E-state index in [1.807, 2.05) is 45.0 Å². The van der Waals surface area contributed by atoms with Gasteiger partial charge in [-0.2, -0.15) is 5.26 Å². The van der Waals surface area contributed by atoms with Gasteiger partial charge in [0.25, 0.3) is 0 Å². The molecule has 1 heterocycles. The van der Waals surface area contributed by atoms with E-state index in [1.54, 1.807) is 4.57 Å². The maximum Gasteiger partial charge on any atom is 0.240 e. The van der Waals surface area contributed by atoms with Crippen LogP contribution in [0, 0.1) is 11.3 Å². The van der Waals surface area contributed by atoms with Crippen LogP contribution in [0.3, 0.4) is 0 Å². The van der Waals surface area contributed by atoms with Gasteiger partial charge in [0.05, 0.1) is 23.5 Å². The second kappa shape index (κ2) is 5.33. The van der Waals surface area contributed by atoms with Gasteiger partial charge in [-0.05, 0) is 32.9 Å². The Balaban J connectivity index is 2.34. The minimum atomic E-state index is -0.275. The van der Waals surface area contributed by atoms with Gasteiger partial charge in [0.1, 0.15) is 12.4 Å². The van der Waals surface area contributed by atoms with Crippen molar-refractivity contribution >= 4 is 16.9 Å². The number of rotatable bonds is 3. The van der Waals surface area contributed by atoms with E-state index >= 15 is 0 Å². The van der Waals surface area contributed by atoms with E-state index in [0.717, 1.165) is 11.0 Å². The number of hydrogen-bond acceptors (Lipinski definition) is 3. The van der Waals surface area contributed by atoms with Crippen LogP contribution in [0.15, 0.2) is 24.3 Å². The lowest BCUT2D eigenvalue weighted by molar-refractivity contribution is -0.123. The summed E-state index contributed by atoms with van der Waals surface area (Å²) in [5.74, 6) is 0.539. The standard InChI is InChI=1S/C15H18N4O/c1-15(2,3)18-14(20)10-19-12-7-5-4-6-11(12)17-13(19)8-9-16/h4-7H,8,10H2,1-3H3,(H,18,20). The monoisotopic (exact) mass is 270 g/mol. The Morgan fingerprint density at radius 3 is 2.75 bits per heavy atom. The number of nitrogens with zero attached hydrogens (tertiary/aromatic N) is 3. The third-order valence-corrected chi connectivity index (χ3v) is 2.79. The predicted octanol–water partition coefficient (Wildman–Crippen LogP) is 2.02. The topological polar surface area (TPSA) is 70.7 Å². The second-order valence-corrected chi connectivity index (χ2v) is 5.74. The van der Waals surface area contributed by atoms with E-state index < -0.39 is 0 Å². The SMILES string of the molecule is CC(C)(C)NC(=O)Cn1c(CC#N)nc2ccccc21. The molecule has 2 rings (SSSR count). The van der Waals surface area contributed by atoms with Crippen LogP contribution < -0.4 is 5.32 Å². The Hall–Kier alpha value is -2.35. The fourth-order valence-corrected chi connectivity index (χ4v) is 2.11. The summed E-state index contributed by atoms with van der Waals surface area (Å²) in [6.45, 7) is 5.99. The summed E-state index contributed by atoms with van der Waals surface area (Å²) in [7, 11) is 0. The molecule has 20 heavy (non-hydrogen) atoms. The van der Waals surface area contributed by atoms with Crippen molar-refractivity contribution in [2.45, 2.75) is 39.3 Å². The number of nitrogens with one attached hydrogen (secondary N) is 1. The summed E-state index contributed by atoms with van der Waals surface area (Å²) in [5.41, 5.74) is 1.41. The summed E-state index contributed by atoms with van der Waals surface area (Å²) >= 11 is 0. The van der Waals surface area contributed by atoms with Crippen molar-refractivity contribution in [2.75, 3.05) is 0 Å². The Morgan fingerprint density at radius 1 is 1.40 bits per heavy atom. The number of benzene rings is 1. The molecule has 0 saturated carbocycles. The van der Waals surface area contributed by atoms with Crippen LogP contribution in [0.1, 0.15) is 26.6 Å². The van der Waals surface area contributed by atoms with Crippen LogP contribution in [0.25, 0.3) is 11.0 Å². The molecule has 0 unspecified atom stereocenters. The lowest BCUT2D eigenvalue weighted by Gasteiger charge is -2.21. The molecule has 0 aliphatic carbocycles. The van der Waals surface area contributed by atoms with Gasteiger partial charge in [-0.3, -0.25) is 4.79 Å². The van der Waals surface area contributed by atoms with E-state index in [-0.39, 0.29) is 24.4 Å². The van der Waals surface area contributed by atoms with E-state index in [4.69, 9.17) is 5.26 Å². The maximum absolute atomic E-state index is 12.1. The van der Waals surface area contributed by atoms with Crippen molar-refractivity contribution in [1.29, 1.82) is 5.26 Å². The molecule has 0 aliphatic rings. The number of amides is 1. The van der Waals surface area contributed by atoms with E-state index in [2.05, 4.69) is 16.4 Å². The fraction of sp³-hybridized carbons (Fsp3) is 0.400. The average molecular weight is 270 g/mol. The molecule has 0 saturated heterocycles. The van der Waals surface area contributed by atoms with Crippen LogP contribution >= 0.6 is 0 Å². The molecule has 104 valence electrons. The van der Waals surface area contributed by atoms with Crippen molar-refractivity contribution < 1.29 is 4.79 Å². The summed E-state index contributed by atoms with van der Waals surface area (Å²) in [5, 5.41) is 11.8. The van der Waals surface area contributed by atoms with Crippen LogP contribution in [-0.4, -0.2) is 21.0 Å².